The molecule has 1 fully saturated rings. The minimum atomic E-state index is -0.189. The standard InChI is InChI=1S/C12H24N2O2/c1-4-12(6-7-13-9-12)11(15)14-8-10(3)16-5-2/h10,13H,4-9H2,1-3H3,(H,14,15). The highest BCUT2D eigenvalue weighted by Crippen LogP contribution is 2.29. The molecule has 0 aliphatic carbocycles. The summed E-state index contributed by atoms with van der Waals surface area (Å²) in [6, 6.07) is 0. The second-order valence-corrected chi connectivity index (χ2v) is 4.54. The fraction of sp³-hybridized carbons (Fsp3) is 0.917. The first-order valence-corrected chi connectivity index (χ1v) is 6.25. The molecular weight excluding hydrogens is 204 g/mol. The number of rotatable bonds is 6. The van der Waals surface area contributed by atoms with Crippen molar-refractivity contribution in [2.45, 2.75) is 39.7 Å². The average Bonchev–Trinajstić information content (AvgIpc) is 2.76. The molecule has 2 atom stereocenters. The Morgan fingerprint density at radius 1 is 1.56 bits per heavy atom. The molecule has 1 amide bonds. The van der Waals surface area contributed by atoms with Crippen LogP contribution < -0.4 is 10.6 Å². The smallest absolute Gasteiger partial charge is 0.227 e. The summed E-state index contributed by atoms with van der Waals surface area (Å²) in [6.45, 7) is 9.08. The molecule has 1 aliphatic rings. The van der Waals surface area contributed by atoms with E-state index in [4.69, 9.17) is 4.74 Å². The molecular formula is C12H24N2O2. The predicted octanol–water partition coefficient (Wildman–Crippen LogP) is 0.917. The molecule has 1 aliphatic heterocycles. The Labute approximate surface area is 98.1 Å². The van der Waals surface area contributed by atoms with Gasteiger partial charge in [-0.1, -0.05) is 6.92 Å². The molecule has 0 aromatic rings. The summed E-state index contributed by atoms with van der Waals surface area (Å²) in [5.41, 5.74) is -0.189. The number of hydrogen-bond acceptors (Lipinski definition) is 3. The van der Waals surface area contributed by atoms with Crippen molar-refractivity contribution in [2.24, 2.45) is 5.41 Å². The van der Waals surface area contributed by atoms with Crippen molar-refractivity contribution in [1.29, 1.82) is 0 Å². The third kappa shape index (κ3) is 3.19. The monoisotopic (exact) mass is 228 g/mol. The van der Waals surface area contributed by atoms with Gasteiger partial charge in [0.1, 0.15) is 0 Å². The van der Waals surface area contributed by atoms with E-state index in [1.807, 2.05) is 13.8 Å². The maximum Gasteiger partial charge on any atom is 0.227 e. The first kappa shape index (κ1) is 13.5. The third-order valence-electron chi connectivity index (χ3n) is 3.40. The molecule has 0 radical (unpaired) electrons. The number of amides is 1. The Balaban J connectivity index is 2.38. The zero-order valence-corrected chi connectivity index (χ0v) is 10.6. The van der Waals surface area contributed by atoms with Gasteiger partial charge in [-0.2, -0.15) is 0 Å². The lowest BCUT2D eigenvalue weighted by atomic mass is 9.83. The Morgan fingerprint density at radius 2 is 2.31 bits per heavy atom. The molecule has 16 heavy (non-hydrogen) atoms. The molecule has 4 heteroatoms. The topological polar surface area (TPSA) is 50.4 Å². The number of ether oxygens (including phenoxy) is 1. The van der Waals surface area contributed by atoms with Gasteiger partial charge in [0, 0.05) is 19.7 Å². The van der Waals surface area contributed by atoms with Crippen LogP contribution in [0, 0.1) is 5.41 Å². The molecule has 2 N–H and O–H groups in total. The van der Waals surface area contributed by atoms with Crippen LogP contribution in [0.3, 0.4) is 0 Å². The molecule has 2 unspecified atom stereocenters. The zero-order valence-electron chi connectivity index (χ0n) is 10.6. The van der Waals surface area contributed by atoms with Crippen LogP contribution in [-0.2, 0) is 9.53 Å². The second kappa shape index (κ2) is 6.21. The fourth-order valence-corrected chi connectivity index (χ4v) is 2.17. The molecule has 4 nitrogen and oxygen atoms in total. The summed E-state index contributed by atoms with van der Waals surface area (Å²) in [7, 11) is 0. The van der Waals surface area contributed by atoms with E-state index in [9.17, 15) is 4.79 Å². The van der Waals surface area contributed by atoms with Crippen LogP contribution >= 0.6 is 0 Å². The van der Waals surface area contributed by atoms with Crippen molar-refractivity contribution in [2.75, 3.05) is 26.2 Å². The highest BCUT2D eigenvalue weighted by atomic mass is 16.5. The molecule has 0 aromatic carbocycles. The van der Waals surface area contributed by atoms with Crippen LogP contribution in [0.25, 0.3) is 0 Å². The Morgan fingerprint density at radius 3 is 2.81 bits per heavy atom. The predicted molar refractivity (Wildman–Crippen MR) is 64.3 cm³/mol. The summed E-state index contributed by atoms with van der Waals surface area (Å²) in [5, 5.41) is 6.26. The maximum absolute atomic E-state index is 12.1. The molecule has 1 heterocycles. The van der Waals surface area contributed by atoms with Gasteiger partial charge in [0.25, 0.3) is 0 Å². The van der Waals surface area contributed by atoms with Crippen LogP contribution in [0.1, 0.15) is 33.6 Å². The van der Waals surface area contributed by atoms with Gasteiger partial charge in [0.2, 0.25) is 5.91 Å². The van der Waals surface area contributed by atoms with Gasteiger partial charge in [-0.3, -0.25) is 4.79 Å². The first-order valence-electron chi connectivity index (χ1n) is 6.25. The SMILES string of the molecule is CCOC(C)CNC(=O)C1(CC)CCNC1. The number of nitrogens with one attached hydrogen (secondary N) is 2. The van der Waals surface area contributed by atoms with Crippen molar-refractivity contribution < 1.29 is 9.53 Å². The molecule has 0 bridgehead atoms. The quantitative estimate of drug-likeness (QED) is 0.710. The van der Waals surface area contributed by atoms with Crippen molar-refractivity contribution >= 4 is 5.91 Å². The lowest BCUT2D eigenvalue weighted by Gasteiger charge is -2.26. The van der Waals surface area contributed by atoms with E-state index >= 15 is 0 Å². The van der Waals surface area contributed by atoms with Gasteiger partial charge in [-0.15, -0.1) is 0 Å². The second-order valence-electron chi connectivity index (χ2n) is 4.54. The average molecular weight is 228 g/mol. The fourth-order valence-electron chi connectivity index (χ4n) is 2.17. The number of carbonyl (C=O) groups is 1. The largest absolute Gasteiger partial charge is 0.377 e. The lowest BCUT2D eigenvalue weighted by Crippen LogP contribution is -2.44. The van der Waals surface area contributed by atoms with E-state index < -0.39 is 0 Å². The maximum atomic E-state index is 12.1. The van der Waals surface area contributed by atoms with Gasteiger partial charge >= 0.3 is 0 Å². The van der Waals surface area contributed by atoms with Crippen LogP contribution in [0.5, 0.6) is 0 Å². The van der Waals surface area contributed by atoms with E-state index in [1.165, 1.54) is 0 Å². The van der Waals surface area contributed by atoms with Crippen molar-refractivity contribution in [1.82, 2.24) is 10.6 Å². The molecule has 0 aromatic heterocycles. The summed E-state index contributed by atoms with van der Waals surface area (Å²) in [5.74, 6) is 0.173. The van der Waals surface area contributed by atoms with E-state index in [0.717, 1.165) is 25.9 Å². The van der Waals surface area contributed by atoms with Gasteiger partial charge in [0.15, 0.2) is 0 Å². The molecule has 1 rings (SSSR count). The Kier molecular flexibility index (Phi) is 5.22. The third-order valence-corrected chi connectivity index (χ3v) is 3.40. The van der Waals surface area contributed by atoms with Gasteiger partial charge in [-0.05, 0) is 33.2 Å². The van der Waals surface area contributed by atoms with Crippen molar-refractivity contribution in [3.8, 4) is 0 Å². The first-order chi connectivity index (χ1) is 7.64. The highest BCUT2D eigenvalue weighted by Gasteiger charge is 2.39. The molecule has 0 spiro atoms. The van der Waals surface area contributed by atoms with Crippen LogP contribution in [-0.4, -0.2) is 38.3 Å². The molecule has 0 saturated carbocycles. The summed E-state index contributed by atoms with van der Waals surface area (Å²) < 4.78 is 5.39. The molecule has 1 saturated heterocycles. The summed E-state index contributed by atoms with van der Waals surface area (Å²) in [6.07, 6.45) is 1.94. The Hall–Kier alpha value is -0.610. The van der Waals surface area contributed by atoms with E-state index in [2.05, 4.69) is 17.6 Å². The van der Waals surface area contributed by atoms with E-state index in [1.54, 1.807) is 0 Å². The number of carbonyl (C=O) groups excluding carboxylic acids is 1. The van der Waals surface area contributed by atoms with Crippen LogP contribution in [0.15, 0.2) is 0 Å². The van der Waals surface area contributed by atoms with Crippen LogP contribution in [0.4, 0.5) is 0 Å². The van der Waals surface area contributed by atoms with Crippen molar-refractivity contribution in [3.05, 3.63) is 0 Å². The minimum Gasteiger partial charge on any atom is -0.377 e. The van der Waals surface area contributed by atoms with Crippen molar-refractivity contribution in [3.63, 3.8) is 0 Å². The summed E-state index contributed by atoms with van der Waals surface area (Å²) >= 11 is 0. The van der Waals surface area contributed by atoms with E-state index in [-0.39, 0.29) is 17.4 Å². The number of hydrogen-bond donors (Lipinski definition) is 2. The lowest BCUT2D eigenvalue weighted by molar-refractivity contribution is -0.130. The normalized spacial score (nSPS) is 26.7. The van der Waals surface area contributed by atoms with Gasteiger partial charge < -0.3 is 15.4 Å². The van der Waals surface area contributed by atoms with Gasteiger partial charge in [-0.25, -0.2) is 0 Å². The minimum absolute atomic E-state index is 0.0946. The Bertz CT molecular complexity index is 225. The zero-order chi connectivity index (χ0) is 12.0. The van der Waals surface area contributed by atoms with Gasteiger partial charge in [0.05, 0.1) is 11.5 Å². The van der Waals surface area contributed by atoms with Crippen LogP contribution in [0.2, 0.25) is 0 Å². The summed E-state index contributed by atoms with van der Waals surface area (Å²) in [4.78, 5) is 12.1. The molecule has 94 valence electrons. The highest BCUT2D eigenvalue weighted by molar-refractivity contribution is 5.83. The van der Waals surface area contributed by atoms with E-state index in [0.29, 0.717) is 13.2 Å².